The molecule has 0 bridgehead atoms. The summed E-state index contributed by atoms with van der Waals surface area (Å²) in [6, 6.07) is 4.16. The van der Waals surface area contributed by atoms with E-state index in [0.717, 1.165) is 0 Å². The fourth-order valence-electron chi connectivity index (χ4n) is 1.66. The molecular formula is C10H9NO4S. The van der Waals surface area contributed by atoms with Crippen molar-refractivity contribution in [2.45, 2.75) is 4.90 Å². The van der Waals surface area contributed by atoms with Gasteiger partial charge in [-0.05, 0) is 18.2 Å². The van der Waals surface area contributed by atoms with Gasteiger partial charge in [-0.15, -0.1) is 0 Å². The summed E-state index contributed by atoms with van der Waals surface area (Å²) in [5.74, 6) is -1.15. The first-order valence-corrected chi connectivity index (χ1v) is 5.99. The van der Waals surface area contributed by atoms with Gasteiger partial charge in [0.1, 0.15) is 0 Å². The Balaban J connectivity index is 2.78. The zero-order valence-electron chi connectivity index (χ0n) is 8.17. The number of benzene rings is 1. The third kappa shape index (κ3) is 1.35. The molecular weight excluding hydrogens is 230 g/mol. The van der Waals surface area contributed by atoms with Crippen LogP contribution in [0, 0.1) is 0 Å². The summed E-state index contributed by atoms with van der Waals surface area (Å²) in [7, 11) is -3.58. The van der Waals surface area contributed by atoms with Crippen molar-refractivity contribution in [3.8, 4) is 0 Å². The minimum absolute atomic E-state index is 0.0212. The zero-order valence-corrected chi connectivity index (χ0v) is 8.99. The fourth-order valence-corrected chi connectivity index (χ4v) is 3.15. The molecule has 0 atom stereocenters. The molecule has 6 heteroatoms. The van der Waals surface area contributed by atoms with Gasteiger partial charge in [-0.2, -0.15) is 0 Å². The van der Waals surface area contributed by atoms with Crippen LogP contribution >= 0.6 is 0 Å². The van der Waals surface area contributed by atoms with Crippen molar-refractivity contribution >= 4 is 21.9 Å². The number of carboxylic acid groups (broad SMARTS) is 1. The fraction of sp³-hybridized carbons (Fsp3) is 0.100. The second-order valence-electron chi connectivity index (χ2n) is 3.34. The van der Waals surface area contributed by atoms with E-state index < -0.39 is 15.8 Å². The highest BCUT2D eigenvalue weighted by Crippen LogP contribution is 2.34. The van der Waals surface area contributed by atoms with Crippen LogP contribution in [0.3, 0.4) is 0 Å². The first-order chi connectivity index (χ1) is 7.48. The van der Waals surface area contributed by atoms with Crippen molar-refractivity contribution in [1.29, 1.82) is 0 Å². The summed E-state index contributed by atoms with van der Waals surface area (Å²) in [5, 5.41) is 8.92. The van der Waals surface area contributed by atoms with Gasteiger partial charge in [0.25, 0.3) is 0 Å². The first-order valence-electron chi connectivity index (χ1n) is 4.50. The lowest BCUT2D eigenvalue weighted by Crippen LogP contribution is -2.10. The second-order valence-corrected chi connectivity index (χ2v) is 5.31. The maximum atomic E-state index is 11.8. The van der Waals surface area contributed by atoms with Gasteiger partial charge in [-0.25, -0.2) is 13.2 Å². The van der Waals surface area contributed by atoms with Crippen molar-refractivity contribution in [2.75, 3.05) is 6.54 Å². The third-order valence-corrected chi connectivity index (χ3v) is 4.35. The van der Waals surface area contributed by atoms with Crippen LogP contribution in [0.4, 0.5) is 0 Å². The Morgan fingerprint density at radius 2 is 2.06 bits per heavy atom. The molecule has 0 radical (unpaired) electrons. The van der Waals surface area contributed by atoms with Crippen LogP contribution < -0.4 is 5.73 Å². The van der Waals surface area contributed by atoms with Crippen LogP contribution in [0.15, 0.2) is 28.0 Å². The summed E-state index contributed by atoms with van der Waals surface area (Å²) in [6.45, 7) is -0.129. The van der Waals surface area contributed by atoms with Gasteiger partial charge in [-0.1, -0.05) is 6.07 Å². The lowest BCUT2D eigenvalue weighted by Gasteiger charge is -2.02. The first kappa shape index (κ1) is 10.8. The molecule has 0 amide bonds. The Bertz CT molecular complexity index is 601. The molecule has 1 aliphatic heterocycles. The molecule has 0 unspecified atom stereocenters. The van der Waals surface area contributed by atoms with E-state index in [1.54, 1.807) is 0 Å². The van der Waals surface area contributed by atoms with Crippen molar-refractivity contribution < 1.29 is 18.3 Å². The Labute approximate surface area is 92.1 Å². The van der Waals surface area contributed by atoms with E-state index in [9.17, 15) is 13.2 Å². The van der Waals surface area contributed by atoms with Gasteiger partial charge < -0.3 is 10.8 Å². The molecule has 0 aliphatic carbocycles. The molecule has 16 heavy (non-hydrogen) atoms. The maximum Gasteiger partial charge on any atom is 0.336 e. The molecule has 2 rings (SSSR count). The number of rotatable bonds is 2. The standard InChI is InChI=1S/C10H9NO4S/c11-5-6-4-8-7(10(12)13)2-1-3-9(8)16(6,14)15/h1-4H,5,11H2,(H,12,13). The number of nitrogens with two attached hydrogens (primary N) is 1. The molecule has 84 valence electrons. The molecule has 0 saturated carbocycles. The Hall–Kier alpha value is -1.66. The molecule has 3 N–H and O–H groups in total. The van der Waals surface area contributed by atoms with E-state index in [2.05, 4.69) is 0 Å². The highest BCUT2D eigenvalue weighted by molar-refractivity contribution is 7.95. The van der Waals surface area contributed by atoms with Gasteiger partial charge in [0.2, 0.25) is 9.84 Å². The Morgan fingerprint density at radius 3 is 2.62 bits per heavy atom. The van der Waals surface area contributed by atoms with Crippen LogP contribution in [0.5, 0.6) is 0 Å². The normalized spacial score (nSPS) is 16.7. The smallest absolute Gasteiger partial charge is 0.336 e. The van der Waals surface area contributed by atoms with E-state index in [-0.39, 0.29) is 27.5 Å². The topological polar surface area (TPSA) is 97.5 Å². The lowest BCUT2D eigenvalue weighted by molar-refractivity contribution is 0.0696. The van der Waals surface area contributed by atoms with Crippen molar-refractivity contribution in [3.05, 3.63) is 34.2 Å². The molecule has 0 spiro atoms. The minimum atomic E-state index is -3.58. The summed E-state index contributed by atoms with van der Waals surface area (Å²) in [6.07, 6.45) is 1.33. The molecule has 1 heterocycles. The number of fused-ring (bicyclic) bond motifs is 1. The number of carboxylic acids is 1. The second kappa shape index (κ2) is 3.43. The quantitative estimate of drug-likeness (QED) is 0.781. The molecule has 5 nitrogen and oxygen atoms in total. The van der Waals surface area contributed by atoms with Crippen LogP contribution in [-0.4, -0.2) is 26.0 Å². The molecule has 1 aromatic carbocycles. The molecule has 0 aromatic heterocycles. The lowest BCUT2D eigenvalue weighted by atomic mass is 10.1. The summed E-state index contributed by atoms with van der Waals surface area (Å²) < 4.78 is 23.7. The van der Waals surface area contributed by atoms with Crippen molar-refractivity contribution in [3.63, 3.8) is 0 Å². The maximum absolute atomic E-state index is 11.8. The molecule has 0 fully saturated rings. The average molecular weight is 239 g/mol. The van der Waals surface area contributed by atoms with E-state index in [1.807, 2.05) is 0 Å². The van der Waals surface area contributed by atoms with Gasteiger partial charge >= 0.3 is 5.97 Å². The van der Waals surface area contributed by atoms with E-state index in [4.69, 9.17) is 10.8 Å². The largest absolute Gasteiger partial charge is 0.478 e. The van der Waals surface area contributed by atoms with E-state index in [1.165, 1.54) is 24.3 Å². The Morgan fingerprint density at radius 1 is 1.38 bits per heavy atom. The summed E-state index contributed by atoms with van der Waals surface area (Å²) >= 11 is 0. The van der Waals surface area contributed by atoms with Gasteiger partial charge in [-0.3, -0.25) is 0 Å². The number of hydrogen-bond acceptors (Lipinski definition) is 4. The SMILES string of the molecule is NCC1=Cc2c(C(=O)O)cccc2S1(=O)=O. The predicted octanol–water partition coefficient (Wildman–Crippen LogP) is 0.472. The summed E-state index contributed by atoms with van der Waals surface area (Å²) in [5.41, 5.74) is 5.51. The van der Waals surface area contributed by atoms with Crippen LogP contribution in [0.2, 0.25) is 0 Å². The number of aromatic carboxylic acids is 1. The minimum Gasteiger partial charge on any atom is -0.478 e. The van der Waals surface area contributed by atoms with E-state index in [0.29, 0.717) is 0 Å². The summed E-state index contributed by atoms with van der Waals surface area (Å²) in [4.78, 5) is 11.0. The number of sulfone groups is 1. The average Bonchev–Trinajstić information content (AvgIpc) is 2.50. The van der Waals surface area contributed by atoms with Gasteiger partial charge in [0.05, 0.1) is 15.4 Å². The van der Waals surface area contributed by atoms with Crippen LogP contribution in [0.1, 0.15) is 15.9 Å². The van der Waals surface area contributed by atoms with Gasteiger partial charge in [0.15, 0.2) is 0 Å². The van der Waals surface area contributed by atoms with Crippen LogP contribution in [0.25, 0.3) is 6.08 Å². The van der Waals surface area contributed by atoms with Crippen molar-refractivity contribution in [1.82, 2.24) is 0 Å². The number of carbonyl (C=O) groups is 1. The zero-order chi connectivity index (χ0) is 11.9. The molecule has 1 aliphatic rings. The molecule has 1 aromatic rings. The van der Waals surface area contributed by atoms with E-state index >= 15 is 0 Å². The highest BCUT2D eigenvalue weighted by atomic mass is 32.2. The van der Waals surface area contributed by atoms with Crippen LogP contribution in [-0.2, 0) is 9.84 Å². The third-order valence-electron chi connectivity index (χ3n) is 2.44. The molecule has 0 saturated heterocycles. The monoisotopic (exact) mass is 239 g/mol. The highest BCUT2D eigenvalue weighted by Gasteiger charge is 2.31. The Kier molecular flexibility index (Phi) is 2.32. The predicted molar refractivity (Wildman–Crippen MR) is 57.6 cm³/mol. The van der Waals surface area contributed by atoms with Gasteiger partial charge in [0, 0.05) is 12.1 Å². The van der Waals surface area contributed by atoms with Crippen molar-refractivity contribution in [2.24, 2.45) is 5.73 Å². The number of hydrogen-bond donors (Lipinski definition) is 2.